The Balaban J connectivity index is 2.02. The number of carbonyl (C=O) groups excluding carboxylic acids is 2. The van der Waals surface area contributed by atoms with Crippen LogP contribution in [0.15, 0.2) is 63.6 Å². The molecular weight excluding hydrogens is 452 g/mol. The van der Waals surface area contributed by atoms with Crippen LogP contribution < -0.4 is 4.90 Å². The van der Waals surface area contributed by atoms with E-state index in [1.165, 1.54) is 16.7 Å². The molecule has 29 heavy (non-hydrogen) atoms. The molecule has 0 unspecified atom stereocenters. The first-order valence-electron chi connectivity index (χ1n) is 9.07. The molecule has 1 aliphatic rings. The number of rotatable bonds is 5. The SMILES string of the molecule is CCOC(=O)/C(C#N)=C1\S[C@@H](Cc2ccc(Br)cc2)C(=O)N1c1ccc(C)cc1. The van der Waals surface area contributed by atoms with E-state index in [2.05, 4.69) is 15.9 Å². The summed E-state index contributed by atoms with van der Waals surface area (Å²) in [5.41, 5.74) is 2.53. The van der Waals surface area contributed by atoms with Gasteiger partial charge >= 0.3 is 5.97 Å². The van der Waals surface area contributed by atoms with Crippen molar-refractivity contribution in [2.75, 3.05) is 11.5 Å². The molecule has 1 heterocycles. The van der Waals surface area contributed by atoms with E-state index in [0.717, 1.165) is 15.6 Å². The molecule has 0 bridgehead atoms. The van der Waals surface area contributed by atoms with Gasteiger partial charge in [-0.3, -0.25) is 9.69 Å². The summed E-state index contributed by atoms with van der Waals surface area (Å²) in [6.07, 6.45) is 0.490. The van der Waals surface area contributed by atoms with E-state index in [1.54, 1.807) is 6.92 Å². The maximum absolute atomic E-state index is 13.3. The van der Waals surface area contributed by atoms with Gasteiger partial charge in [0.1, 0.15) is 11.1 Å². The quantitative estimate of drug-likeness (QED) is 0.358. The average molecular weight is 471 g/mol. The molecule has 0 N–H and O–H groups in total. The van der Waals surface area contributed by atoms with E-state index in [1.807, 2.05) is 61.5 Å². The molecule has 0 saturated carbocycles. The van der Waals surface area contributed by atoms with Gasteiger partial charge in [0.25, 0.3) is 0 Å². The highest BCUT2D eigenvalue weighted by Crippen LogP contribution is 2.42. The van der Waals surface area contributed by atoms with Crippen LogP contribution in [-0.2, 0) is 20.7 Å². The van der Waals surface area contributed by atoms with Gasteiger partial charge in [0, 0.05) is 10.2 Å². The van der Waals surface area contributed by atoms with Gasteiger partial charge in [0.15, 0.2) is 5.57 Å². The molecule has 2 aromatic rings. The summed E-state index contributed by atoms with van der Waals surface area (Å²) in [6.45, 7) is 3.79. The maximum atomic E-state index is 13.3. The van der Waals surface area contributed by atoms with Crippen molar-refractivity contribution in [1.82, 2.24) is 0 Å². The summed E-state index contributed by atoms with van der Waals surface area (Å²) >= 11 is 4.64. The second-order valence-electron chi connectivity index (χ2n) is 6.46. The standard InChI is InChI=1S/C22H19BrN2O3S/c1-3-28-22(27)18(13-24)21-25(17-10-4-14(2)5-11-17)20(26)19(29-21)12-15-6-8-16(23)9-7-15/h4-11,19H,3,12H2,1-2H3/b21-18-/t19-/m0/s1. The fourth-order valence-electron chi connectivity index (χ4n) is 2.94. The highest BCUT2D eigenvalue weighted by molar-refractivity contribution is 9.10. The molecule has 1 amide bonds. The largest absolute Gasteiger partial charge is 0.462 e. The molecule has 0 spiro atoms. The number of carbonyl (C=O) groups is 2. The molecule has 1 atom stereocenters. The van der Waals surface area contributed by atoms with Crippen molar-refractivity contribution in [2.45, 2.75) is 25.5 Å². The minimum atomic E-state index is -0.716. The van der Waals surface area contributed by atoms with Crippen LogP contribution in [0.4, 0.5) is 5.69 Å². The van der Waals surface area contributed by atoms with Gasteiger partial charge in [0.05, 0.1) is 11.9 Å². The third-order valence-corrected chi connectivity index (χ3v) is 6.18. The van der Waals surface area contributed by atoms with Crippen LogP contribution in [0.5, 0.6) is 0 Å². The van der Waals surface area contributed by atoms with Crippen molar-refractivity contribution in [3.05, 3.63) is 74.7 Å². The lowest BCUT2D eigenvalue weighted by Gasteiger charge is -2.18. The maximum Gasteiger partial charge on any atom is 0.351 e. The average Bonchev–Trinajstić information content (AvgIpc) is 3.01. The number of thioether (sulfide) groups is 1. The summed E-state index contributed by atoms with van der Waals surface area (Å²) in [4.78, 5) is 27.1. The van der Waals surface area contributed by atoms with Crippen LogP contribution in [0, 0.1) is 18.3 Å². The number of ether oxygens (including phenoxy) is 1. The number of nitriles is 1. The molecule has 7 heteroatoms. The fraction of sp³-hybridized carbons (Fsp3) is 0.227. The topological polar surface area (TPSA) is 70.4 Å². The Hall–Kier alpha value is -2.56. The number of anilines is 1. The highest BCUT2D eigenvalue weighted by Gasteiger charge is 2.41. The van der Waals surface area contributed by atoms with Gasteiger partial charge in [0.2, 0.25) is 5.91 Å². The van der Waals surface area contributed by atoms with Gasteiger partial charge in [-0.05, 0) is 50.1 Å². The number of aryl methyl sites for hydroxylation is 1. The molecule has 1 fully saturated rings. The van der Waals surface area contributed by atoms with Crippen LogP contribution in [-0.4, -0.2) is 23.7 Å². The molecule has 0 radical (unpaired) electrons. The molecule has 148 valence electrons. The Morgan fingerprint density at radius 1 is 1.21 bits per heavy atom. The minimum Gasteiger partial charge on any atom is -0.462 e. The predicted octanol–water partition coefficient (Wildman–Crippen LogP) is 4.75. The van der Waals surface area contributed by atoms with Crippen molar-refractivity contribution in [1.29, 1.82) is 5.26 Å². The van der Waals surface area contributed by atoms with E-state index < -0.39 is 11.2 Å². The van der Waals surface area contributed by atoms with Crippen LogP contribution in [0.2, 0.25) is 0 Å². The van der Waals surface area contributed by atoms with Crippen molar-refractivity contribution in [3.8, 4) is 6.07 Å². The van der Waals surface area contributed by atoms with Crippen LogP contribution in [0.1, 0.15) is 18.1 Å². The molecule has 5 nitrogen and oxygen atoms in total. The lowest BCUT2D eigenvalue weighted by atomic mass is 10.1. The van der Waals surface area contributed by atoms with Crippen LogP contribution in [0.25, 0.3) is 0 Å². The third-order valence-electron chi connectivity index (χ3n) is 4.38. The van der Waals surface area contributed by atoms with Crippen molar-refractivity contribution < 1.29 is 14.3 Å². The number of nitrogens with zero attached hydrogens (tertiary/aromatic N) is 2. The van der Waals surface area contributed by atoms with Gasteiger partial charge in [-0.2, -0.15) is 5.26 Å². The Morgan fingerprint density at radius 3 is 2.45 bits per heavy atom. The Labute approximate surface area is 182 Å². The first-order chi connectivity index (χ1) is 13.9. The fourth-order valence-corrected chi connectivity index (χ4v) is 4.50. The van der Waals surface area contributed by atoms with Gasteiger partial charge < -0.3 is 4.74 Å². The lowest BCUT2D eigenvalue weighted by Crippen LogP contribution is -2.30. The third kappa shape index (κ3) is 4.72. The van der Waals surface area contributed by atoms with E-state index in [4.69, 9.17) is 4.74 Å². The number of benzene rings is 2. The summed E-state index contributed by atoms with van der Waals surface area (Å²) in [5, 5.41) is 9.50. The number of hydrogen-bond acceptors (Lipinski definition) is 5. The Kier molecular flexibility index (Phi) is 6.78. The Morgan fingerprint density at radius 2 is 1.86 bits per heavy atom. The monoisotopic (exact) mass is 470 g/mol. The van der Waals surface area contributed by atoms with Crippen molar-refractivity contribution >= 4 is 45.3 Å². The molecule has 0 aromatic heterocycles. The second kappa shape index (κ2) is 9.29. The molecule has 0 aliphatic carbocycles. The first-order valence-corrected chi connectivity index (χ1v) is 10.7. The van der Waals surface area contributed by atoms with Gasteiger partial charge in [-0.15, -0.1) is 0 Å². The predicted molar refractivity (Wildman–Crippen MR) is 117 cm³/mol. The van der Waals surface area contributed by atoms with E-state index in [0.29, 0.717) is 17.1 Å². The number of halogens is 1. The smallest absolute Gasteiger partial charge is 0.351 e. The van der Waals surface area contributed by atoms with Crippen molar-refractivity contribution in [2.24, 2.45) is 0 Å². The number of hydrogen-bond donors (Lipinski definition) is 0. The molecule has 1 aliphatic heterocycles. The highest BCUT2D eigenvalue weighted by atomic mass is 79.9. The Bertz CT molecular complexity index is 994. The summed E-state index contributed by atoms with van der Waals surface area (Å²) < 4.78 is 6.00. The summed E-state index contributed by atoms with van der Waals surface area (Å²) in [7, 11) is 0. The van der Waals surface area contributed by atoms with Crippen LogP contribution in [0.3, 0.4) is 0 Å². The van der Waals surface area contributed by atoms with E-state index >= 15 is 0 Å². The van der Waals surface area contributed by atoms with Gasteiger partial charge in [-0.25, -0.2) is 4.79 Å². The zero-order chi connectivity index (χ0) is 21.0. The van der Waals surface area contributed by atoms with Crippen molar-refractivity contribution in [3.63, 3.8) is 0 Å². The molecular formula is C22H19BrN2O3S. The van der Waals surface area contributed by atoms with Crippen LogP contribution >= 0.6 is 27.7 Å². The number of amides is 1. The zero-order valence-corrected chi connectivity index (χ0v) is 18.4. The van der Waals surface area contributed by atoms with E-state index in [9.17, 15) is 14.9 Å². The summed E-state index contributed by atoms with van der Waals surface area (Å²) in [5.74, 6) is -0.875. The normalized spacial score (nSPS) is 17.8. The number of esters is 1. The molecule has 2 aromatic carbocycles. The van der Waals surface area contributed by atoms with Gasteiger partial charge in [-0.1, -0.05) is 57.5 Å². The second-order valence-corrected chi connectivity index (χ2v) is 8.57. The molecule has 1 saturated heterocycles. The zero-order valence-electron chi connectivity index (χ0n) is 16.0. The molecule has 3 rings (SSSR count). The summed E-state index contributed by atoms with van der Waals surface area (Å²) in [6, 6.07) is 17.1. The van der Waals surface area contributed by atoms with E-state index in [-0.39, 0.29) is 18.1 Å². The first kappa shape index (κ1) is 21.2. The minimum absolute atomic E-state index is 0.149. The lowest BCUT2D eigenvalue weighted by molar-refractivity contribution is -0.138.